The molecule has 3 aromatic rings. The summed E-state index contributed by atoms with van der Waals surface area (Å²) in [7, 11) is 1.68. The van der Waals surface area contributed by atoms with Crippen LogP contribution in [0.5, 0.6) is 5.75 Å². The molecule has 0 radical (unpaired) electrons. The van der Waals surface area contributed by atoms with E-state index in [-0.39, 0.29) is 11.5 Å². The summed E-state index contributed by atoms with van der Waals surface area (Å²) in [5, 5.41) is 9.27. The fraction of sp³-hybridized carbons (Fsp3) is 0.400. The van der Waals surface area contributed by atoms with Gasteiger partial charge in [-0.15, -0.1) is 16.8 Å². The van der Waals surface area contributed by atoms with E-state index < -0.39 is 0 Å². The first-order valence-electron chi connectivity index (χ1n) is 11.0. The molecule has 0 saturated heterocycles. The molecule has 0 aliphatic carbocycles. The minimum atomic E-state index is 0.0683. The molecule has 0 aliphatic heterocycles. The number of aromatic nitrogens is 4. The second-order valence-corrected chi connectivity index (χ2v) is 8.67. The quantitative estimate of drug-likeness (QED) is 0.207. The lowest BCUT2D eigenvalue weighted by molar-refractivity contribution is 0.102. The molecule has 0 saturated carbocycles. The number of carbonyl (C=O) groups excluding carboxylic acids is 1. The van der Waals surface area contributed by atoms with Crippen LogP contribution in [0.25, 0.3) is 0 Å². The first kappa shape index (κ1) is 24.8. The molecule has 0 spiro atoms. The number of allylic oxidation sites excluding steroid dienone is 1. The predicted octanol–water partition coefficient (Wildman–Crippen LogP) is 4.65. The molecular weight excluding hydrogens is 436 g/mol. The Hall–Kier alpha value is -2.84. The van der Waals surface area contributed by atoms with Crippen molar-refractivity contribution in [1.82, 2.24) is 19.3 Å². The van der Waals surface area contributed by atoms with Crippen molar-refractivity contribution in [1.29, 1.82) is 0 Å². The van der Waals surface area contributed by atoms with Crippen LogP contribution in [0.4, 0.5) is 0 Å². The average Bonchev–Trinajstić information content (AvgIpc) is 3.34. The summed E-state index contributed by atoms with van der Waals surface area (Å²) in [4.78, 5) is 12.9. The van der Waals surface area contributed by atoms with Crippen molar-refractivity contribution in [2.75, 3.05) is 19.5 Å². The second-order valence-electron chi connectivity index (χ2n) is 7.73. The van der Waals surface area contributed by atoms with E-state index in [1.54, 1.807) is 13.2 Å². The van der Waals surface area contributed by atoms with Crippen LogP contribution in [-0.4, -0.2) is 44.6 Å². The Labute approximate surface area is 199 Å². The first-order chi connectivity index (χ1) is 16.0. The van der Waals surface area contributed by atoms with Gasteiger partial charge >= 0.3 is 0 Å². The van der Waals surface area contributed by atoms with Crippen LogP contribution >= 0.6 is 11.8 Å². The standard InChI is InChI=1S/C25H32N4O3S/c1-6-12-29-24(16-32-21-10-8-20(7-2)9-11-21)26-27-25(29)33-17-23(30)22-15-18(3)28(19(22)4)13-14-31-5/h6,8-11,15H,1,7,12-14,16-17H2,2-5H3. The third-order valence-corrected chi connectivity index (χ3v) is 6.50. The van der Waals surface area contributed by atoms with Crippen LogP contribution in [-0.2, 0) is 30.9 Å². The molecule has 33 heavy (non-hydrogen) atoms. The number of thioether (sulfide) groups is 1. The number of ketones is 1. The number of hydrogen-bond acceptors (Lipinski definition) is 6. The normalized spacial score (nSPS) is 11.0. The van der Waals surface area contributed by atoms with Gasteiger partial charge in [0.25, 0.3) is 0 Å². The van der Waals surface area contributed by atoms with Crippen LogP contribution in [0.1, 0.15) is 40.1 Å². The van der Waals surface area contributed by atoms with E-state index in [1.807, 2.05) is 36.6 Å². The molecule has 2 heterocycles. The van der Waals surface area contributed by atoms with Gasteiger partial charge in [-0.25, -0.2) is 0 Å². The molecule has 0 aliphatic rings. The summed E-state index contributed by atoms with van der Waals surface area (Å²) in [5.74, 6) is 1.83. The third kappa shape index (κ3) is 6.15. The maximum absolute atomic E-state index is 12.9. The van der Waals surface area contributed by atoms with Crippen LogP contribution in [0.15, 0.2) is 48.1 Å². The van der Waals surface area contributed by atoms with Gasteiger partial charge in [0, 0.05) is 37.2 Å². The lowest BCUT2D eigenvalue weighted by Crippen LogP contribution is -2.10. The number of benzene rings is 1. The number of Topliss-reactive ketones (excluding diaryl/α,β-unsaturated/α-hetero) is 1. The Morgan fingerprint density at radius 1 is 1.18 bits per heavy atom. The number of methoxy groups -OCH3 is 1. The van der Waals surface area contributed by atoms with Gasteiger partial charge in [-0.1, -0.05) is 36.9 Å². The van der Waals surface area contributed by atoms with Crippen LogP contribution in [0.2, 0.25) is 0 Å². The van der Waals surface area contributed by atoms with Crippen LogP contribution in [0.3, 0.4) is 0 Å². The summed E-state index contributed by atoms with van der Waals surface area (Å²) < 4.78 is 15.1. The van der Waals surface area contributed by atoms with Gasteiger partial charge in [0.1, 0.15) is 12.4 Å². The van der Waals surface area contributed by atoms with E-state index in [1.165, 1.54) is 17.3 Å². The molecule has 0 atom stereocenters. The Kier molecular flexibility index (Phi) is 8.91. The number of ether oxygens (including phenoxy) is 2. The van der Waals surface area contributed by atoms with Gasteiger partial charge in [-0.05, 0) is 44.0 Å². The van der Waals surface area contributed by atoms with Crippen molar-refractivity contribution in [3.63, 3.8) is 0 Å². The maximum atomic E-state index is 12.9. The predicted molar refractivity (Wildman–Crippen MR) is 131 cm³/mol. The van der Waals surface area contributed by atoms with Crippen molar-refractivity contribution >= 4 is 17.5 Å². The topological polar surface area (TPSA) is 71.2 Å². The number of rotatable bonds is 13. The molecule has 0 N–H and O–H groups in total. The summed E-state index contributed by atoms with van der Waals surface area (Å²) >= 11 is 1.38. The molecule has 7 nitrogen and oxygen atoms in total. The highest BCUT2D eigenvalue weighted by atomic mass is 32.2. The Morgan fingerprint density at radius 2 is 1.94 bits per heavy atom. The zero-order chi connectivity index (χ0) is 23.8. The zero-order valence-electron chi connectivity index (χ0n) is 19.8. The van der Waals surface area contributed by atoms with E-state index in [0.29, 0.717) is 30.7 Å². The Morgan fingerprint density at radius 3 is 2.61 bits per heavy atom. The Balaban J connectivity index is 1.66. The van der Waals surface area contributed by atoms with E-state index >= 15 is 0 Å². The number of aryl methyl sites for hydroxylation is 2. The molecule has 0 unspecified atom stereocenters. The first-order valence-corrected chi connectivity index (χ1v) is 12.0. The van der Waals surface area contributed by atoms with Gasteiger partial charge in [-0.3, -0.25) is 9.36 Å². The highest BCUT2D eigenvalue weighted by Crippen LogP contribution is 2.23. The summed E-state index contributed by atoms with van der Waals surface area (Å²) in [6.07, 6.45) is 2.78. The molecule has 176 valence electrons. The van der Waals surface area contributed by atoms with Gasteiger partial charge in [0.2, 0.25) is 0 Å². The highest BCUT2D eigenvalue weighted by Gasteiger charge is 2.18. The number of carbonyl (C=O) groups is 1. The largest absolute Gasteiger partial charge is 0.486 e. The van der Waals surface area contributed by atoms with Crippen molar-refractivity contribution < 1.29 is 14.3 Å². The second kappa shape index (κ2) is 11.9. The number of nitrogens with zero attached hydrogens (tertiary/aromatic N) is 4. The summed E-state index contributed by atoms with van der Waals surface area (Å²) in [6, 6.07) is 9.99. The van der Waals surface area contributed by atoms with Crippen LogP contribution in [0, 0.1) is 13.8 Å². The van der Waals surface area contributed by atoms with E-state index in [0.717, 1.165) is 35.7 Å². The fourth-order valence-corrected chi connectivity index (χ4v) is 4.48. The van der Waals surface area contributed by atoms with E-state index in [9.17, 15) is 4.79 Å². The molecular formula is C25H32N4O3S. The van der Waals surface area contributed by atoms with Crippen molar-refractivity contribution in [3.05, 3.63) is 71.3 Å². The molecule has 1 aromatic carbocycles. The van der Waals surface area contributed by atoms with Crippen LogP contribution < -0.4 is 4.74 Å². The monoisotopic (exact) mass is 468 g/mol. The fourth-order valence-electron chi connectivity index (χ4n) is 3.63. The SMILES string of the molecule is C=CCn1c(COc2ccc(CC)cc2)nnc1SCC(=O)c1cc(C)n(CCOC)c1C. The summed E-state index contributed by atoms with van der Waals surface area (Å²) in [5.41, 5.74) is 4.02. The van der Waals surface area contributed by atoms with Crippen molar-refractivity contribution in [2.24, 2.45) is 0 Å². The lowest BCUT2D eigenvalue weighted by atomic mass is 10.2. The molecule has 8 heteroatoms. The van der Waals surface area contributed by atoms with Gasteiger partial charge in [0.15, 0.2) is 16.8 Å². The van der Waals surface area contributed by atoms with E-state index in [4.69, 9.17) is 9.47 Å². The highest BCUT2D eigenvalue weighted by molar-refractivity contribution is 7.99. The van der Waals surface area contributed by atoms with Crippen molar-refractivity contribution in [3.8, 4) is 5.75 Å². The molecule has 0 fully saturated rings. The zero-order valence-corrected chi connectivity index (χ0v) is 20.7. The minimum absolute atomic E-state index is 0.0683. The summed E-state index contributed by atoms with van der Waals surface area (Å²) in [6.45, 7) is 12.1. The number of hydrogen-bond donors (Lipinski definition) is 0. The average molecular weight is 469 g/mol. The van der Waals surface area contributed by atoms with E-state index in [2.05, 4.69) is 40.4 Å². The molecule has 3 rings (SSSR count). The lowest BCUT2D eigenvalue weighted by Gasteiger charge is -2.10. The van der Waals surface area contributed by atoms with Gasteiger partial charge in [-0.2, -0.15) is 0 Å². The smallest absolute Gasteiger partial charge is 0.192 e. The van der Waals surface area contributed by atoms with Gasteiger partial charge < -0.3 is 14.0 Å². The van der Waals surface area contributed by atoms with Gasteiger partial charge in [0.05, 0.1) is 12.4 Å². The molecule has 2 aromatic heterocycles. The molecule has 0 bridgehead atoms. The third-order valence-electron chi connectivity index (χ3n) is 5.53. The maximum Gasteiger partial charge on any atom is 0.192 e. The molecule has 0 amide bonds. The van der Waals surface area contributed by atoms with Crippen molar-refractivity contribution in [2.45, 2.75) is 52.0 Å². The Bertz CT molecular complexity index is 1090. The minimum Gasteiger partial charge on any atom is -0.486 e.